The van der Waals surface area contributed by atoms with Gasteiger partial charge in [-0.2, -0.15) is 0 Å². The molecule has 0 aliphatic carbocycles. The van der Waals surface area contributed by atoms with Gasteiger partial charge in [0.2, 0.25) is 0 Å². The number of benzene rings is 1. The summed E-state index contributed by atoms with van der Waals surface area (Å²) in [5, 5.41) is 0.840. The minimum Gasteiger partial charge on any atom is -0.493 e. The molecule has 0 spiro atoms. The highest BCUT2D eigenvalue weighted by atomic mass is 16.6. The Morgan fingerprint density at radius 1 is 1.32 bits per heavy atom. The molecule has 3 rings (SSSR count). The van der Waals surface area contributed by atoms with Crippen LogP contribution in [0.3, 0.4) is 0 Å². The first-order chi connectivity index (χ1) is 9.17. The average Bonchev–Trinajstić information content (AvgIpc) is 3.19. The molecule has 0 saturated carbocycles. The van der Waals surface area contributed by atoms with Crippen molar-refractivity contribution in [1.82, 2.24) is 0 Å². The fourth-order valence-corrected chi connectivity index (χ4v) is 1.95. The molecule has 0 bridgehead atoms. The fourth-order valence-electron chi connectivity index (χ4n) is 1.95. The van der Waals surface area contributed by atoms with E-state index in [9.17, 15) is 4.79 Å². The quantitative estimate of drug-likeness (QED) is 0.622. The van der Waals surface area contributed by atoms with Gasteiger partial charge in [-0.25, -0.2) is 4.79 Å². The van der Waals surface area contributed by atoms with Gasteiger partial charge in [0.1, 0.15) is 18.3 Å². The van der Waals surface area contributed by atoms with E-state index in [1.807, 2.05) is 13.0 Å². The van der Waals surface area contributed by atoms with Crippen LogP contribution in [-0.4, -0.2) is 26.4 Å². The Kier molecular flexibility index (Phi) is 2.91. The summed E-state index contributed by atoms with van der Waals surface area (Å²) in [6.45, 7) is 3.10. The number of fused-ring (bicyclic) bond motifs is 1. The summed E-state index contributed by atoms with van der Waals surface area (Å²) in [5.41, 5.74) is 0.977. The minimum absolute atomic E-state index is 0.176. The van der Waals surface area contributed by atoms with E-state index in [1.54, 1.807) is 13.2 Å². The maximum absolute atomic E-state index is 11.4. The van der Waals surface area contributed by atoms with E-state index in [0.717, 1.165) is 17.6 Å². The molecule has 1 unspecified atom stereocenters. The van der Waals surface area contributed by atoms with Crippen molar-refractivity contribution in [2.45, 2.75) is 13.0 Å². The SMILES string of the molecule is COc1cc2oc(=O)cc(C)c2cc1OCC1CO1. The van der Waals surface area contributed by atoms with E-state index < -0.39 is 0 Å². The third-order valence-corrected chi connectivity index (χ3v) is 3.06. The van der Waals surface area contributed by atoms with Gasteiger partial charge >= 0.3 is 5.63 Å². The van der Waals surface area contributed by atoms with E-state index in [-0.39, 0.29) is 11.7 Å². The maximum atomic E-state index is 11.4. The zero-order valence-corrected chi connectivity index (χ0v) is 10.8. The van der Waals surface area contributed by atoms with Crippen molar-refractivity contribution in [2.75, 3.05) is 20.3 Å². The van der Waals surface area contributed by atoms with Gasteiger partial charge < -0.3 is 18.6 Å². The summed E-state index contributed by atoms with van der Waals surface area (Å²) in [7, 11) is 1.55. The second-order valence-electron chi connectivity index (χ2n) is 4.51. The summed E-state index contributed by atoms with van der Waals surface area (Å²) in [4.78, 5) is 11.4. The lowest BCUT2D eigenvalue weighted by Gasteiger charge is -2.11. The van der Waals surface area contributed by atoms with Gasteiger partial charge in [-0.05, 0) is 18.6 Å². The predicted octanol–water partition coefficient (Wildman–Crippen LogP) is 1.89. The molecule has 1 saturated heterocycles. The third kappa shape index (κ3) is 2.42. The van der Waals surface area contributed by atoms with Gasteiger partial charge in [0, 0.05) is 17.5 Å². The molecule has 19 heavy (non-hydrogen) atoms. The maximum Gasteiger partial charge on any atom is 0.336 e. The molecule has 0 amide bonds. The number of aryl methyl sites for hydroxylation is 1. The predicted molar refractivity (Wildman–Crippen MR) is 69.0 cm³/mol. The van der Waals surface area contributed by atoms with Crippen molar-refractivity contribution in [3.05, 3.63) is 34.2 Å². The first-order valence-corrected chi connectivity index (χ1v) is 6.04. The smallest absolute Gasteiger partial charge is 0.336 e. The number of methoxy groups -OCH3 is 1. The van der Waals surface area contributed by atoms with Gasteiger partial charge in [-0.15, -0.1) is 0 Å². The summed E-state index contributed by atoms with van der Waals surface area (Å²) in [6.07, 6.45) is 0.176. The van der Waals surface area contributed by atoms with Crippen molar-refractivity contribution in [1.29, 1.82) is 0 Å². The Hall–Kier alpha value is -2.01. The van der Waals surface area contributed by atoms with Gasteiger partial charge in [0.15, 0.2) is 11.5 Å². The van der Waals surface area contributed by atoms with E-state index in [1.165, 1.54) is 6.07 Å². The first kappa shape index (κ1) is 12.0. The summed E-state index contributed by atoms with van der Waals surface area (Å²) in [6, 6.07) is 4.96. The number of epoxide rings is 1. The molecular formula is C14H14O5. The standard InChI is InChI=1S/C14H14O5/c1-8-3-14(15)19-11-5-12(16-2)13(4-10(8)11)18-7-9-6-17-9/h3-5,9H,6-7H2,1-2H3. The Balaban J connectivity index is 2.06. The molecule has 1 aromatic heterocycles. The van der Waals surface area contributed by atoms with Crippen LogP contribution in [0.15, 0.2) is 27.4 Å². The lowest BCUT2D eigenvalue weighted by Crippen LogP contribution is -2.06. The fraction of sp³-hybridized carbons (Fsp3) is 0.357. The molecular weight excluding hydrogens is 248 g/mol. The van der Waals surface area contributed by atoms with Crippen LogP contribution < -0.4 is 15.1 Å². The number of hydrogen-bond acceptors (Lipinski definition) is 5. The first-order valence-electron chi connectivity index (χ1n) is 6.04. The number of hydrogen-bond donors (Lipinski definition) is 0. The number of rotatable bonds is 4. The Bertz CT molecular complexity index is 669. The molecule has 1 aliphatic heterocycles. The Labute approximate surface area is 109 Å². The van der Waals surface area contributed by atoms with Crippen LogP contribution in [-0.2, 0) is 4.74 Å². The van der Waals surface area contributed by atoms with Crippen LogP contribution in [0.5, 0.6) is 11.5 Å². The van der Waals surface area contributed by atoms with Crippen molar-refractivity contribution in [3.8, 4) is 11.5 Å². The minimum atomic E-state index is -0.368. The molecule has 1 aromatic carbocycles. The summed E-state index contributed by atoms with van der Waals surface area (Å²) >= 11 is 0. The molecule has 0 N–H and O–H groups in total. The van der Waals surface area contributed by atoms with Crippen LogP contribution in [0.1, 0.15) is 5.56 Å². The molecule has 1 aliphatic rings. The van der Waals surface area contributed by atoms with Crippen LogP contribution >= 0.6 is 0 Å². The van der Waals surface area contributed by atoms with Gasteiger partial charge in [0.25, 0.3) is 0 Å². The second kappa shape index (κ2) is 4.59. The average molecular weight is 262 g/mol. The number of ether oxygens (including phenoxy) is 3. The highest BCUT2D eigenvalue weighted by molar-refractivity contribution is 5.83. The molecule has 100 valence electrons. The Morgan fingerprint density at radius 2 is 2.11 bits per heavy atom. The highest BCUT2D eigenvalue weighted by Crippen LogP contribution is 2.33. The zero-order valence-electron chi connectivity index (χ0n) is 10.8. The summed E-state index contributed by atoms with van der Waals surface area (Å²) < 4.78 is 21.2. The second-order valence-corrected chi connectivity index (χ2v) is 4.51. The van der Waals surface area contributed by atoms with Crippen LogP contribution in [0.2, 0.25) is 0 Å². The molecule has 1 fully saturated rings. The largest absolute Gasteiger partial charge is 0.493 e. The van der Waals surface area contributed by atoms with E-state index in [0.29, 0.717) is 23.7 Å². The lowest BCUT2D eigenvalue weighted by atomic mass is 10.1. The van der Waals surface area contributed by atoms with Crippen LogP contribution in [0.25, 0.3) is 11.0 Å². The Morgan fingerprint density at radius 3 is 2.79 bits per heavy atom. The van der Waals surface area contributed by atoms with Crippen molar-refractivity contribution >= 4 is 11.0 Å². The van der Waals surface area contributed by atoms with Gasteiger partial charge in [-0.3, -0.25) is 0 Å². The highest BCUT2D eigenvalue weighted by Gasteiger charge is 2.24. The van der Waals surface area contributed by atoms with Crippen molar-refractivity contribution < 1.29 is 18.6 Å². The molecule has 1 atom stereocenters. The lowest BCUT2D eigenvalue weighted by molar-refractivity contribution is 0.252. The van der Waals surface area contributed by atoms with E-state index in [2.05, 4.69) is 0 Å². The monoisotopic (exact) mass is 262 g/mol. The van der Waals surface area contributed by atoms with Crippen molar-refractivity contribution in [3.63, 3.8) is 0 Å². The molecule has 2 aromatic rings. The zero-order chi connectivity index (χ0) is 13.4. The molecule has 2 heterocycles. The van der Waals surface area contributed by atoms with E-state index in [4.69, 9.17) is 18.6 Å². The van der Waals surface area contributed by atoms with E-state index >= 15 is 0 Å². The van der Waals surface area contributed by atoms with Crippen molar-refractivity contribution in [2.24, 2.45) is 0 Å². The molecule has 0 radical (unpaired) electrons. The topological polar surface area (TPSA) is 61.2 Å². The van der Waals surface area contributed by atoms with Gasteiger partial charge in [0.05, 0.1) is 13.7 Å². The van der Waals surface area contributed by atoms with Gasteiger partial charge in [-0.1, -0.05) is 0 Å². The van der Waals surface area contributed by atoms with Crippen LogP contribution in [0, 0.1) is 6.92 Å². The molecule has 5 nitrogen and oxygen atoms in total. The normalized spacial score (nSPS) is 17.5. The van der Waals surface area contributed by atoms with Crippen LogP contribution in [0.4, 0.5) is 0 Å². The third-order valence-electron chi connectivity index (χ3n) is 3.06. The summed E-state index contributed by atoms with van der Waals surface area (Å²) in [5.74, 6) is 1.17. The molecule has 5 heteroatoms.